The van der Waals surface area contributed by atoms with Gasteiger partial charge >= 0.3 is 0 Å². The highest BCUT2D eigenvalue weighted by atomic mass is 79.9. The molecule has 0 aliphatic heterocycles. The summed E-state index contributed by atoms with van der Waals surface area (Å²) < 4.78 is 12.4. The van der Waals surface area contributed by atoms with Crippen LogP contribution >= 0.6 is 15.9 Å². The summed E-state index contributed by atoms with van der Waals surface area (Å²) in [6.07, 6.45) is 0.913. The third-order valence-corrected chi connectivity index (χ3v) is 4.83. The Morgan fingerprint density at radius 3 is 2.72 bits per heavy atom. The van der Waals surface area contributed by atoms with Crippen molar-refractivity contribution in [3.63, 3.8) is 0 Å². The van der Waals surface area contributed by atoms with E-state index in [1.807, 2.05) is 43.3 Å². The Balaban J connectivity index is 1.54. The van der Waals surface area contributed by atoms with Crippen LogP contribution in [-0.2, 0) is 0 Å². The van der Waals surface area contributed by atoms with Crippen molar-refractivity contribution >= 4 is 38.6 Å². The minimum absolute atomic E-state index is 0.206. The fraction of sp³-hybridized carbons (Fsp3) is 0.130. The first kappa shape index (κ1) is 19.2. The van der Waals surface area contributed by atoms with Crippen LogP contribution in [0, 0.1) is 0 Å². The molecular formula is C23H19BrN2O3. The predicted octanol–water partition coefficient (Wildman–Crippen LogP) is 6.30. The third kappa shape index (κ3) is 4.49. The molecule has 0 atom stereocenters. The maximum Gasteiger partial charge on any atom is 0.255 e. The molecule has 0 aliphatic rings. The SMILES string of the molecule is CCCOc1cccc(C(=O)Nc2ccc3oc(-c4ccc(Br)cc4)nc3c2)c1. The lowest BCUT2D eigenvalue weighted by molar-refractivity contribution is 0.102. The fourth-order valence-electron chi connectivity index (χ4n) is 2.87. The molecule has 0 fully saturated rings. The Bertz CT molecular complexity index is 1150. The Labute approximate surface area is 176 Å². The third-order valence-electron chi connectivity index (χ3n) is 4.31. The van der Waals surface area contributed by atoms with Gasteiger partial charge in [-0.05, 0) is 67.1 Å². The van der Waals surface area contributed by atoms with Gasteiger partial charge in [-0.2, -0.15) is 0 Å². The van der Waals surface area contributed by atoms with Gasteiger partial charge in [-0.15, -0.1) is 0 Å². The zero-order valence-corrected chi connectivity index (χ0v) is 17.4. The lowest BCUT2D eigenvalue weighted by atomic mass is 10.2. The highest BCUT2D eigenvalue weighted by Gasteiger charge is 2.11. The summed E-state index contributed by atoms with van der Waals surface area (Å²) in [5.74, 6) is 1.02. The monoisotopic (exact) mass is 450 g/mol. The van der Waals surface area contributed by atoms with Crippen molar-refractivity contribution in [3.8, 4) is 17.2 Å². The van der Waals surface area contributed by atoms with Gasteiger partial charge in [-0.3, -0.25) is 4.79 Å². The molecule has 5 nitrogen and oxygen atoms in total. The number of benzene rings is 3. The Morgan fingerprint density at radius 1 is 1.10 bits per heavy atom. The van der Waals surface area contributed by atoms with Crippen LogP contribution in [0.15, 0.2) is 75.6 Å². The van der Waals surface area contributed by atoms with Gasteiger partial charge in [0, 0.05) is 21.3 Å². The summed E-state index contributed by atoms with van der Waals surface area (Å²) in [7, 11) is 0. The van der Waals surface area contributed by atoms with Gasteiger partial charge in [-0.25, -0.2) is 4.98 Å². The molecular weight excluding hydrogens is 432 g/mol. The van der Waals surface area contributed by atoms with Crippen LogP contribution in [-0.4, -0.2) is 17.5 Å². The molecule has 0 saturated carbocycles. The van der Waals surface area contributed by atoms with Crippen LogP contribution in [0.2, 0.25) is 0 Å². The van der Waals surface area contributed by atoms with E-state index in [4.69, 9.17) is 9.15 Å². The van der Waals surface area contributed by atoms with E-state index in [9.17, 15) is 4.79 Å². The van der Waals surface area contributed by atoms with Crippen molar-refractivity contribution in [2.24, 2.45) is 0 Å². The first-order valence-electron chi connectivity index (χ1n) is 9.33. The Kier molecular flexibility index (Phi) is 5.62. The van der Waals surface area contributed by atoms with Crippen molar-refractivity contribution in [1.82, 2.24) is 4.98 Å². The van der Waals surface area contributed by atoms with Crippen LogP contribution in [0.5, 0.6) is 5.75 Å². The number of ether oxygens (including phenoxy) is 1. The number of amides is 1. The summed E-state index contributed by atoms with van der Waals surface area (Å²) in [6, 6.07) is 20.3. The van der Waals surface area contributed by atoms with Crippen molar-refractivity contribution in [1.29, 1.82) is 0 Å². The van der Waals surface area contributed by atoms with E-state index in [1.165, 1.54) is 0 Å². The van der Waals surface area contributed by atoms with Crippen molar-refractivity contribution in [3.05, 3.63) is 76.8 Å². The number of nitrogens with zero attached hydrogens (tertiary/aromatic N) is 1. The largest absolute Gasteiger partial charge is 0.494 e. The summed E-state index contributed by atoms with van der Waals surface area (Å²) in [5, 5.41) is 2.91. The van der Waals surface area contributed by atoms with Gasteiger partial charge in [0.15, 0.2) is 5.58 Å². The van der Waals surface area contributed by atoms with Gasteiger partial charge in [0.1, 0.15) is 11.3 Å². The predicted molar refractivity (Wildman–Crippen MR) is 117 cm³/mol. The molecule has 0 bridgehead atoms. The minimum atomic E-state index is -0.206. The van der Waals surface area contributed by atoms with Gasteiger partial charge in [0.2, 0.25) is 5.89 Å². The minimum Gasteiger partial charge on any atom is -0.494 e. The number of fused-ring (bicyclic) bond motifs is 1. The van der Waals surface area contributed by atoms with E-state index < -0.39 is 0 Å². The average Bonchev–Trinajstić information content (AvgIpc) is 3.16. The molecule has 0 spiro atoms. The van der Waals surface area contributed by atoms with E-state index in [2.05, 4.69) is 26.2 Å². The number of nitrogens with one attached hydrogen (secondary N) is 1. The highest BCUT2D eigenvalue weighted by molar-refractivity contribution is 9.10. The maximum absolute atomic E-state index is 12.6. The number of carbonyl (C=O) groups is 1. The maximum atomic E-state index is 12.6. The van der Waals surface area contributed by atoms with Gasteiger partial charge in [-0.1, -0.05) is 28.9 Å². The number of aromatic nitrogens is 1. The van der Waals surface area contributed by atoms with Crippen LogP contribution in [0.25, 0.3) is 22.6 Å². The molecule has 146 valence electrons. The van der Waals surface area contributed by atoms with E-state index in [0.29, 0.717) is 40.6 Å². The van der Waals surface area contributed by atoms with Gasteiger partial charge in [0.05, 0.1) is 6.61 Å². The Morgan fingerprint density at radius 2 is 1.93 bits per heavy atom. The fourth-order valence-corrected chi connectivity index (χ4v) is 3.14. The molecule has 4 rings (SSSR count). The standard InChI is InChI=1S/C23H19BrN2O3/c1-2-12-28-19-5-3-4-16(13-19)22(27)25-18-10-11-21-20(14-18)26-23(29-21)15-6-8-17(24)9-7-15/h3-11,13-14H,2,12H2,1H3,(H,25,27). The van der Waals surface area contributed by atoms with Crippen LogP contribution in [0.4, 0.5) is 5.69 Å². The first-order chi connectivity index (χ1) is 14.1. The second-order valence-electron chi connectivity index (χ2n) is 6.54. The second kappa shape index (κ2) is 8.49. The zero-order valence-electron chi connectivity index (χ0n) is 15.8. The molecule has 0 aliphatic carbocycles. The van der Waals surface area contributed by atoms with Gasteiger partial charge in [0.25, 0.3) is 5.91 Å². The summed E-state index contributed by atoms with van der Waals surface area (Å²) in [6.45, 7) is 2.66. The number of halogens is 1. The lowest BCUT2D eigenvalue weighted by Crippen LogP contribution is -2.12. The highest BCUT2D eigenvalue weighted by Crippen LogP contribution is 2.27. The normalized spacial score (nSPS) is 10.8. The molecule has 1 heterocycles. The Hall–Kier alpha value is -3.12. The first-order valence-corrected chi connectivity index (χ1v) is 10.1. The van der Waals surface area contributed by atoms with Crippen LogP contribution in [0.3, 0.4) is 0 Å². The molecule has 0 unspecified atom stereocenters. The van der Waals surface area contributed by atoms with Crippen LogP contribution < -0.4 is 10.1 Å². The molecule has 3 aromatic carbocycles. The van der Waals surface area contributed by atoms with Gasteiger partial charge < -0.3 is 14.5 Å². The quantitative estimate of drug-likeness (QED) is 0.374. The van der Waals surface area contributed by atoms with Crippen molar-refractivity contribution in [2.75, 3.05) is 11.9 Å². The number of hydrogen-bond acceptors (Lipinski definition) is 4. The molecule has 0 saturated heterocycles. The lowest BCUT2D eigenvalue weighted by Gasteiger charge is -2.08. The number of anilines is 1. The molecule has 1 amide bonds. The smallest absolute Gasteiger partial charge is 0.255 e. The zero-order chi connectivity index (χ0) is 20.2. The molecule has 1 N–H and O–H groups in total. The number of hydrogen-bond donors (Lipinski definition) is 1. The van der Waals surface area contributed by atoms with E-state index in [1.54, 1.807) is 30.3 Å². The molecule has 29 heavy (non-hydrogen) atoms. The molecule has 1 aromatic heterocycles. The summed E-state index contributed by atoms with van der Waals surface area (Å²) in [5.41, 5.74) is 3.42. The second-order valence-corrected chi connectivity index (χ2v) is 7.45. The number of oxazole rings is 1. The summed E-state index contributed by atoms with van der Waals surface area (Å²) >= 11 is 3.42. The van der Waals surface area contributed by atoms with Crippen molar-refractivity contribution < 1.29 is 13.9 Å². The van der Waals surface area contributed by atoms with Crippen LogP contribution in [0.1, 0.15) is 23.7 Å². The number of rotatable bonds is 6. The van der Waals surface area contributed by atoms with Crippen molar-refractivity contribution in [2.45, 2.75) is 13.3 Å². The topological polar surface area (TPSA) is 64.4 Å². The van der Waals surface area contributed by atoms with E-state index >= 15 is 0 Å². The molecule has 6 heteroatoms. The number of carbonyl (C=O) groups excluding carboxylic acids is 1. The summed E-state index contributed by atoms with van der Waals surface area (Å²) in [4.78, 5) is 17.2. The molecule has 4 aromatic rings. The molecule has 0 radical (unpaired) electrons. The van der Waals surface area contributed by atoms with E-state index in [-0.39, 0.29) is 5.91 Å². The average molecular weight is 451 g/mol. The van der Waals surface area contributed by atoms with E-state index in [0.717, 1.165) is 16.5 Å².